The number of halogens is 2. The van der Waals surface area contributed by atoms with E-state index < -0.39 is 36.2 Å². The van der Waals surface area contributed by atoms with Gasteiger partial charge in [0.1, 0.15) is 23.1 Å². The summed E-state index contributed by atoms with van der Waals surface area (Å²) in [4.78, 5) is 29.7. The molecule has 0 aliphatic heterocycles. The molecule has 0 heterocycles. The molecular weight excluding hydrogens is 394 g/mol. The molecule has 0 atom stereocenters. The number of ether oxygens (including phenoxy) is 1. The fourth-order valence-electron chi connectivity index (χ4n) is 3.23. The number of methoxy groups -OCH3 is 1. The standard InChI is InChI=1S/C22H22F2N2O4/c1-3-30-26-22(28)17-9-5-8-16(17)21(27)25-20-18(23)11-14(12-19(20)24)13-6-4-7-15(10-13)29-2/h4,6-7,10-12H,3,5,8-9H2,1-2H3,(H,25,27)(H,26,28)/i2D3. The van der Waals surface area contributed by atoms with E-state index in [9.17, 15) is 18.4 Å². The number of carbonyl (C=O) groups is 2. The first-order valence-corrected chi connectivity index (χ1v) is 9.33. The molecule has 158 valence electrons. The average Bonchev–Trinajstić information content (AvgIpc) is 3.23. The van der Waals surface area contributed by atoms with E-state index in [2.05, 4.69) is 10.8 Å². The second-order valence-corrected chi connectivity index (χ2v) is 6.57. The Hall–Kier alpha value is -3.26. The number of nitrogens with one attached hydrogen (secondary N) is 2. The minimum atomic E-state index is -2.67. The van der Waals surface area contributed by atoms with E-state index in [1.54, 1.807) is 6.92 Å². The van der Waals surface area contributed by atoms with Gasteiger partial charge in [0.15, 0.2) is 0 Å². The Morgan fingerprint density at radius 1 is 1.07 bits per heavy atom. The van der Waals surface area contributed by atoms with Crippen molar-refractivity contribution in [1.29, 1.82) is 0 Å². The highest BCUT2D eigenvalue weighted by atomic mass is 19.1. The Labute approximate surface area is 177 Å². The Bertz CT molecular complexity index is 1080. The molecule has 6 nitrogen and oxygen atoms in total. The van der Waals surface area contributed by atoms with Gasteiger partial charge in [0.25, 0.3) is 11.8 Å². The highest BCUT2D eigenvalue weighted by Gasteiger charge is 2.27. The third-order valence-corrected chi connectivity index (χ3v) is 4.64. The summed E-state index contributed by atoms with van der Waals surface area (Å²) < 4.78 is 55.8. The van der Waals surface area contributed by atoms with Crippen molar-refractivity contribution in [3.8, 4) is 16.9 Å². The molecule has 0 aromatic heterocycles. The summed E-state index contributed by atoms with van der Waals surface area (Å²) in [6, 6.07) is 7.80. The maximum atomic E-state index is 14.7. The topological polar surface area (TPSA) is 76.7 Å². The first-order chi connectivity index (χ1) is 15.6. The molecule has 30 heavy (non-hydrogen) atoms. The summed E-state index contributed by atoms with van der Waals surface area (Å²) >= 11 is 0. The van der Waals surface area contributed by atoms with Crippen LogP contribution in [0, 0.1) is 11.6 Å². The van der Waals surface area contributed by atoms with E-state index in [4.69, 9.17) is 13.7 Å². The lowest BCUT2D eigenvalue weighted by molar-refractivity contribution is -0.129. The molecule has 2 amide bonds. The van der Waals surface area contributed by atoms with Gasteiger partial charge in [0.05, 0.1) is 17.8 Å². The molecule has 2 aromatic rings. The second-order valence-electron chi connectivity index (χ2n) is 6.57. The number of anilines is 1. The number of benzene rings is 2. The summed E-state index contributed by atoms with van der Waals surface area (Å²) in [5.41, 5.74) is 2.37. The van der Waals surface area contributed by atoms with Crippen molar-refractivity contribution in [2.45, 2.75) is 26.2 Å². The third-order valence-electron chi connectivity index (χ3n) is 4.64. The van der Waals surface area contributed by atoms with Gasteiger partial charge in [-0.3, -0.25) is 14.4 Å². The number of hydrogen-bond donors (Lipinski definition) is 2. The van der Waals surface area contributed by atoms with E-state index in [1.807, 2.05) is 0 Å². The van der Waals surface area contributed by atoms with Crippen molar-refractivity contribution in [2.24, 2.45) is 0 Å². The zero-order valence-electron chi connectivity index (χ0n) is 19.2. The van der Waals surface area contributed by atoms with Gasteiger partial charge in [-0.05, 0) is 61.6 Å². The summed E-state index contributed by atoms with van der Waals surface area (Å²) in [7, 11) is -2.67. The van der Waals surface area contributed by atoms with Crippen molar-refractivity contribution < 1.29 is 32.1 Å². The fraction of sp³-hybridized carbons (Fsp3) is 0.273. The summed E-state index contributed by atoms with van der Waals surface area (Å²) in [6.45, 7) is 1.93. The lowest BCUT2D eigenvalue weighted by atomic mass is 10.0. The number of amides is 2. The molecule has 2 aromatic carbocycles. The minimum Gasteiger partial charge on any atom is -0.497 e. The molecule has 0 saturated carbocycles. The molecule has 0 bridgehead atoms. The van der Waals surface area contributed by atoms with Gasteiger partial charge < -0.3 is 10.1 Å². The molecular formula is C22H22F2N2O4. The van der Waals surface area contributed by atoms with Crippen LogP contribution in [-0.4, -0.2) is 25.5 Å². The van der Waals surface area contributed by atoms with Gasteiger partial charge >= 0.3 is 0 Å². The van der Waals surface area contributed by atoms with Crippen LogP contribution in [0.5, 0.6) is 5.75 Å². The lowest BCUT2D eigenvalue weighted by Gasteiger charge is -2.12. The molecule has 8 heteroatoms. The summed E-state index contributed by atoms with van der Waals surface area (Å²) in [6.07, 6.45) is 1.19. The van der Waals surface area contributed by atoms with Gasteiger partial charge in [0, 0.05) is 11.1 Å². The van der Waals surface area contributed by atoms with Crippen LogP contribution < -0.4 is 15.5 Å². The highest BCUT2D eigenvalue weighted by molar-refractivity contribution is 6.10. The van der Waals surface area contributed by atoms with Crippen LogP contribution in [0.3, 0.4) is 0 Å². The van der Waals surface area contributed by atoms with E-state index >= 15 is 0 Å². The minimum absolute atomic E-state index is 0.0109. The highest BCUT2D eigenvalue weighted by Crippen LogP contribution is 2.31. The van der Waals surface area contributed by atoms with Crippen molar-refractivity contribution in [2.75, 3.05) is 19.0 Å². The number of hydroxylamine groups is 1. The molecule has 0 unspecified atom stereocenters. The van der Waals surface area contributed by atoms with Gasteiger partial charge in [-0.25, -0.2) is 14.3 Å². The second kappa shape index (κ2) is 9.49. The largest absolute Gasteiger partial charge is 0.497 e. The van der Waals surface area contributed by atoms with Gasteiger partial charge in [-0.1, -0.05) is 12.1 Å². The monoisotopic (exact) mass is 419 g/mol. The third kappa shape index (κ3) is 4.65. The van der Waals surface area contributed by atoms with Crippen LogP contribution in [0.4, 0.5) is 14.5 Å². The molecule has 1 aliphatic rings. The Morgan fingerprint density at radius 3 is 2.43 bits per heavy atom. The first kappa shape index (κ1) is 17.6. The Balaban J connectivity index is 1.83. The van der Waals surface area contributed by atoms with Gasteiger partial charge in [0.2, 0.25) is 0 Å². The summed E-state index contributed by atoms with van der Waals surface area (Å²) in [5, 5.41) is 2.22. The van der Waals surface area contributed by atoms with Crippen LogP contribution >= 0.6 is 0 Å². The van der Waals surface area contributed by atoms with Crippen LogP contribution in [0.1, 0.15) is 30.3 Å². The Kier molecular flexibility index (Phi) is 5.56. The van der Waals surface area contributed by atoms with Gasteiger partial charge in [-0.15, -0.1) is 0 Å². The zero-order valence-corrected chi connectivity index (χ0v) is 16.2. The SMILES string of the molecule is [2H]C([2H])([2H])Oc1cccc(-c2cc(F)c(NC(=O)C3=C(C(=O)NOCC)CCC3)c(F)c2)c1. The van der Waals surface area contributed by atoms with Crippen molar-refractivity contribution in [3.05, 3.63) is 59.2 Å². The average molecular weight is 419 g/mol. The predicted octanol–water partition coefficient (Wildman–Crippen LogP) is 4.13. The quantitative estimate of drug-likeness (QED) is 0.662. The zero-order chi connectivity index (χ0) is 24.2. The summed E-state index contributed by atoms with van der Waals surface area (Å²) in [5.74, 6) is -3.38. The lowest BCUT2D eigenvalue weighted by Crippen LogP contribution is -2.27. The van der Waals surface area contributed by atoms with Crippen LogP contribution in [0.25, 0.3) is 11.1 Å². The van der Waals surface area contributed by atoms with Gasteiger partial charge in [-0.2, -0.15) is 0 Å². The number of carbonyl (C=O) groups excluding carboxylic acids is 2. The fourth-order valence-corrected chi connectivity index (χ4v) is 3.23. The first-order valence-electron chi connectivity index (χ1n) is 10.8. The van der Waals surface area contributed by atoms with E-state index in [-0.39, 0.29) is 35.5 Å². The molecule has 0 saturated heterocycles. The molecule has 0 fully saturated rings. The molecule has 0 radical (unpaired) electrons. The van der Waals surface area contributed by atoms with E-state index in [0.29, 0.717) is 18.4 Å². The van der Waals surface area contributed by atoms with Crippen molar-refractivity contribution in [1.82, 2.24) is 5.48 Å². The predicted molar refractivity (Wildman–Crippen MR) is 108 cm³/mol. The number of hydrogen-bond acceptors (Lipinski definition) is 4. The van der Waals surface area contributed by atoms with E-state index in [0.717, 1.165) is 12.1 Å². The van der Waals surface area contributed by atoms with Crippen molar-refractivity contribution in [3.63, 3.8) is 0 Å². The molecule has 3 rings (SSSR count). The number of rotatable bonds is 7. The van der Waals surface area contributed by atoms with Crippen LogP contribution in [0.2, 0.25) is 0 Å². The van der Waals surface area contributed by atoms with E-state index in [1.165, 1.54) is 24.3 Å². The maximum absolute atomic E-state index is 14.7. The normalized spacial score (nSPS) is 15.2. The smallest absolute Gasteiger partial charge is 0.271 e. The molecule has 2 N–H and O–H groups in total. The van der Waals surface area contributed by atoms with Crippen LogP contribution in [-0.2, 0) is 14.4 Å². The Morgan fingerprint density at radius 2 is 1.77 bits per heavy atom. The maximum Gasteiger partial charge on any atom is 0.271 e. The molecule has 1 aliphatic carbocycles. The van der Waals surface area contributed by atoms with Crippen molar-refractivity contribution >= 4 is 17.5 Å². The molecule has 0 spiro atoms. The van der Waals surface area contributed by atoms with Crippen LogP contribution in [0.15, 0.2) is 47.5 Å².